The van der Waals surface area contributed by atoms with Crippen LogP contribution in [0.2, 0.25) is 0 Å². The molecule has 22 heavy (non-hydrogen) atoms. The number of amides is 1. The first-order chi connectivity index (χ1) is 10.5. The van der Waals surface area contributed by atoms with Crippen LogP contribution in [0.1, 0.15) is 43.4 Å². The van der Waals surface area contributed by atoms with Crippen molar-refractivity contribution in [1.82, 2.24) is 5.43 Å². The van der Waals surface area contributed by atoms with Crippen LogP contribution in [0.3, 0.4) is 0 Å². The molecule has 0 fully saturated rings. The third-order valence-electron chi connectivity index (χ3n) is 2.72. The average Bonchev–Trinajstić information content (AvgIpc) is 2.91. The van der Waals surface area contributed by atoms with Crippen molar-refractivity contribution >= 4 is 34.4 Å². The molecule has 0 aliphatic heterocycles. The topological polar surface area (TPSA) is 122 Å². The van der Waals surface area contributed by atoms with Gasteiger partial charge in [0, 0.05) is 18.9 Å². The van der Waals surface area contributed by atoms with Crippen molar-refractivity contribution in [3.05, 3.63) is 27.1 Å². The number of carbonyl (C=O) groups excluding carboxylic acids is 1. The molecule has 1 aromatic rings. The summed E-state index contributed by atoms with van der Waals surface area (Å²) in [6.07, 6.45) is 4.70. The average molecular weight is 327 g/mol. The minimum atomic E-state index is -0.805. The van der Waals surface area contributed by atoms with E-state index in [-0.39, 0.29) is 17.3 Å². The van der Waals surface area contributed by atoms with E-state index < -0.39 is 10.9 Å². The van der Waals surface area contributed by atoms with Crippen molar-refractivity contribution in [2.45, 2.75) is 38.5 Å². The molecular formula is C13H17N3O5S. The number of hydrogen-bond acceptors (Lipinski definition) is 6. The molecule has 9 heteroatoms. The molecule has 0 spiro atoms. The summed E-state index contributed by atoms with van der Waals surface area (Å²) in [6, 6.07) is 2.94. The molecule has 0 saturated carbocycles. The molecule has 0 aliphatic carbocycles. The lowest BCUT2D eigenvalue weighted by molar-refractivity contribution is -0.380. The number of nitro groups is 1. The Morgan fingerprint density at radius 2 is 1.95 bits per heavy atom. The first kappa shape index (κ1) is 17.8. The number of aliphatic carboxylic acids is 1. The van der Waals surface area contributed by atoms with E-state index in [1.165, 1.54) is 12.3 Å². The number of carboxylic acid groups (broad SMARTS) is 1. The predicted molar refractivity (Wildman–Crippen MR) is 82.0 cm³/mol. The van der Waals surface area contributed by atoms with Gasteiger partial charge in [-0.15, -0.1) is 0 Å². The second-order valence-corrected chi connectivity index (χ2v) is 5.63. The lowest BCUT2D eigenvalue weighted by Gasteiger charge is -2.00. The van der Waals surface area contributed by atoms with E-state index in [0.29, 0.717) is 24.1 Å². The van der Waals surface area contributed by atoms with E-state index in [4.69, 9.17) is 5.11 Å². The highest BCUT2D eigenvalue weighted by molar-refractivity contribution is 7.16. The van der Waals surface area contributed by atoms with Gasteiger partial charge in [0.25, 0.3) is 0 Å². The van der Waals surface area contributed by atoms with E-state index in [1.807, 2.05) is 0 Å². The highest BCUT2D eigenvalue weighted by Crippen LogP contribution is 2.22. The molecule has 1 amide bonds. The molecule has 0 unspecified atom stereocenters. The SMILES string of the molecule is O=C(O)CCCCCCC(=O)N/N=C/c1ccc([N+](=O)[O-])s1. The fourth-order valence-electron chi connectivity index (χ4n) is 1.65. The molecule has 8 nitrogen and oxygen atoms in total. The molecule has 0 saturated heterocycles. The van der Waals surface area contributed by atoms with Crippen molar-refractivity contribution in [3.8, 4) is 0 Å². The van der Waals surface area contributed by atoms with Crippen molar-refractivity contribution < 1.29 is 19.6 Å². The van der Waals surface area contributed by atoms with Gasteiger partial charge < -0.3 is 5.11 Å². The molecular weight excluding hydrogens is 310 g/mol. The molecule has 0 aliphatic rings. The monoisotopic (exact) mass is 327 g/mol. The van der Waals surface area contributed by atoms with E-state index >= 15 is 0 Å². The Kier molecular flexibility index (Phi) is 7.76. The molecule has 1 aromatic heterocycles. The highest BCUT2D eigenvalue weighted by Gasteiger charge is 2.08. The van der Waals surface area contributed by atoms with Crippen LogP contribution in [-0.2, 0) is 9.59 Å². The minimum Gasteiger partial charge on any atom is -0.481 e. The number of nitrogens with zero attached hydrogens (tertiary/aromatic N) is 2. The number of thiophene rings is 1. The van der Waals surface area contributed by atoms with E-state index in [9.17, 15) is 19.7 Å². The lowest BCUT2D eigenvalue weighted by Crippen LogP contribution is -2.16. The summed E-state index contributed by atoms with van der Waals surface area (Å²) in [6.45, 7) is 0. The summed E-state index contributed by atoms with van der Waals surface area (Å²) < 4.78 is 0. The Morgan fingerprint density at radius 1 is 1.27 bits per heavy atom. The quantitative estimate of drug-likeness (QED) is 0.296. The van der Waals surface area contributed by atoms with Gasteiger partial charge >= 0.3 is 11.0 Å². The first-order valence-electron chi connectivity index (χ1n) is 6.77. The van der Waals surface area contributed by atoms with Crippen LogP contribution < -0.4 is 5.43 Å². The van der Waals surface area contributed by atoms with E-state index in [1.54, 1.807) is 6.07 Å². The first-order valence-corrected chi connectivity index (χ1v) is 7.58. The fraction of sp³-hybridized carbons (Fsp3) is 0.462. The number of unbranched alkanes of at least 4 members (excludes halogenated alkanes) is 3. The molecule has 1 heterocycles. The van der Waals surface area contributed by atoms with Crippen LogP contribution in [0.4, 0.5) is 5.00 Å². The van der Waals surface area contributed by atoms with Crippen LogP contribution in [0.25, 0.3) is 0 Å². The summed E-state index contributed by atoms with van der Waals surface area (Å²) in [4.78, 5) is 32.4. The van der Waals surface area contributed by atoms with Gasteiger partial charge in [-0.3, -0.25) is 19.7 Å². The van der Waals surface area contributed by atoms with Gasteiger partial charge in [-0.1, -0.05) is 24.2 Å². The van der Waals surface area contributed by atoms with Crippen molar-refractivity contribution in [1.29, 1.82) is 0 Å². The summed E-state index contributed by atoms with van der Waals surface area (Å²) >= 11 is 0.974. The molecule has 0 atom stereocenters. The molecule has 0 bridgehead atoms. The van der Waals surface area contributed by atoms with Gasteiger partial charge in [0.1, 0.15) is 0 Å². The zero-order valence-electron chi connectivity index (χ0n) is 11.9. The van der Waals surface area contributed by atoms with Crippen LogP contribution in [-0.4, -0.2) is 28.1 Å². The number of nitrogens with one attached hydrogen (secondary N) is 1. The molecule has 0 aromatic carbocycles. The maximum atomic E-state index is 11.5. The number of hydrazone groups is 1. The summed E-state index contributed by atoms with van der Waals surface area (Å²) in [5.41, 5.74) is 2.35. The Balaban J connectivity index is 2.15. The van der Waals surface area contributed by atoms with Gasteiger partial charge in [-0.25, -0.2) is 5.43 Å². The lowest BCUT2D eigenvalue weighted by atomic mass is 10.1. The van der Waals surface area contributed by atoms with Crippen LogP contribution in [0.5, 0.6) is 0 Å². The maximum absolute atomic E-state index is 11.5. The summed E-state index contributed by atoms with van der Waals surface area (Å²) in [5, 5.41) is 22.7. The van der Waals surface area contributed by atoms with Crippen molar-refractivity contribution in [3.63, 3.8) is 0 Å². The molecule has 2 N–H and O–H groups in total. The molecule has 120 valence electrons. The van der Waals surface area contributed by atoms with Gasteiger partial charge in [-0.2, -0.15) is 5.10 Å². The second kappa shape index (κ2) is 9.61. The fourth-order valence-corrected chi connectivity index (χ4v) is 2.34. The summed E-state index contributed by atoms with van der Waals surface area (Å²) in [7, 11) is 0. The van der Waals surface area contributed by atoms with Crippen molar-refractivity contribution in [2.75, 3.05) is 0 Å². The molecule has 1 rings (SSSR count). The smallest absolute Gasteiger partial charge is 0.324 e. The third-order valence-corrected chi connectivity index (χ3v) is 3.69. The van der Waals surface area contributed by atoms with Crippen molar-refractivity contribution in [2.24, 2.45) is 5.10 Å². The normalized spacial score (nSPS) is 10.7. The molecule has 0 radical (unpaired) electrons. The predicted octanol–water partition coefficient (Wildman–Crippen LogP) is 2.53. The standard InChI is InChI=1S/C13H17N3O5S/c17-11(5-3-1-2-4-6-13(18)19)15-14-9-10-7-8-12(22-10)16(20)21/h7-9H,1-6H2,(H,15,17)(H,18,19)/b14-9+. The largest absolute Gasteiger partial charge is 0.481 e. The van der Waals surface area contributed by atoms with Crippen LogP contribution in [0.15, 0.2) is 17.2 Å². The van der Waals surface area contributed by atoms with Crippen LogP contribution in [0, 0.1) is 10.1 Å². The van der Waals surface area contributed by atoms with E-state index in [0.717, 1.165) is 24.2 Å². The van der Waals surface area contributed by atoms with E-state index in [2.05, 4.69) is 10.5 Å². The van der Waals surface area contributed by atoms with Gasteiger partial charge in [0.05, 0.1) is 16.0 Å². The van der Waals surface area contributed by atoms with Gasteiger partial charge in [0.2, 0.25) is 5.91 Å². The van der Waals surface area contributed by atoms with Crippen LogP contribution >= 0.6 is 11.3 Å². The Hall–Kier alpha value is -2.29. The zero-order chi connectivity index (χ0) is 16.4. The highest BCUT2D eigenvalue weighted by atomic mass is 32.1. The number of carboxylic acids is 1. The Bertz CT molecular complexity index is 556. The minimum absolute atomic E-state index is 0.0223. The zero-order valence-corrected chi connectivity index (χ0v) is 12.7. The summed E-state index contributed by atoms with van der Waals surface area (Å²) in [5.74, 6) is -1.04. The number of hydrogen-bond donors (Lipinski definition) is 2. The van der Waals surface area contributed by atoms with Gasteiger partial charge in [0.15, 0.2) is 0 Å². The van der Waals surface area contributed by atoms with Gasteiger partial charge in [-0.05, 0) is 18.9 Å². The number of rotatable bonds is 10. The Labute approximate surface area is 131 Å². The Morgan fingerprint density at radius 3 is 2.55 bits per heavy atom. The third kappa shape index (κ3) is 7.48. The second-order valence-electron chi connectivity index (χ2n) is 4.53. The maximum Gasteiger partial charge on any atom is 0.324 e. The number of carbonyl (C=O) groups is 2.